The third kappa shape index (κ3) is 3.55. The molecule has 0 saturated heterocycles. The Morgan fingerprint density at radius 3 is 2.41 bits per heavy atom. The summed E-state index contributed by atoms with van der Waals surface area (Å²) < 4.78 is 11.8. The van der Waals surface area contributed by atoms with Crippen LogP contribution in [0.2, 0.25) is 0 Å². The monoisotopic (exact) mass is 235 g/mol. The Morgan fingerprint density at radius 1 is 1.18 bits per heavy atom. The predicted octanol–water partition coefficient (Wildman–Crippen LogP) is 3.45. The van der Waals surface area contributed by atoms with Crippen LogP contribution in [0, 0.1) is 0 Å². The van der Waals surface area contributed by atoms with Crippen LogP contribution >= 0.6 is 0 Å². The van der Waals surface area contributed by atoms with Gasteiger partial charge in [-0.3, -0.25) is 0 Å². The van der Waals surface area contributed by atoms with E-state index in [1.807, 2.05) is 46.0 Å². The topological polar surface area (TPSA) is 30.5 Å². The molecule has 1 aromatic rings. The Morgan fingerprint density at radius 2 is 1.88 bits per heavy atom. The minimum atomic E-state index is -0.214. The molecule has 0 radical (unpaired) electrons. The minimum Gasteiger partial charge on any atom is -0.487 e. The lowest BCUT2D eigenvalue weighted by molar-refractivity contribution is 0.123. The van der Waals surface area contributed by atoms with Gasteiger partial charge in [0.2, 0.25) is 0 Å². The number of nitrogens with one attached hydrogen (secondary N) is 1. The van der Waals surface area contributed by atoms with Crippen molar-refractivity contribution in [2.45, 2.75) is 45.3 Å². The first-order chi connectivity index (χ1) is 7.98. The number of rotatable bonds is 4. The van der Waals surface area contributed by atoms with E-state index in [-0.39, 0.29) is 5.60 Å². The molecule has 0 aliphatic heterocycles. The summed E-state index contributed by atoms with van der Waals surface area (Å²) in [4.78, 5) is 0. The summed E-state index contributed by atoms with van der Waals surface area (Å²) in [5.41, 5.74) is 0.820. The molecule has 1 aliphatic rings. The Kier molecular flexibility index (Phi) is 3.18. The van der Waals surface area contributed by atoms with Gasteiger partial charge in [-0.15, -0.1) is 0 Å². The molecular formula is C14H21NO2. The Balaban J connectivity index is 2.22. The molecule has 0 spiro atoms. The van der Waals surface area contributed by atoms with Gasteiger partial charge in [-0.2, -0.15) is 0 Å². The SMILES string of the molecule is CNc1ccc(OC2CC2)c(OC(C)(C)C)c1. The van der Waals surface area contributed by atoms with Gasteiger partial charge in [0.1, 0.15) is 5.60 Å². The fraction of sp³-hybridized carbons (Fsp3) is 0.571. The number of ether oxygens (including phenoxy) is 2. The number of hydrogen-bond acceptors (Lipinski definition) is 3. The molecule has 0 aromatic heterocycles. The lowest BCUT2D eigenvalue weighted by Crippen LogP contribution is -2.23. The highest BCUT2D eigenvalue weighted by Gasteiger charge is 2.26. The van der Waals surface area contributed by atoms with Crippen LogP contribution in [0.5, 0.6) is 11.5 Å². The molecule has 2 rings (SSSR count). The molecule has 17 heavy (non-hydrogen) atoms. The molecule has 94 valence electrons. The fourth-order valence-electron chi connectivity index (χ4n) is 1.54. The van der Waals surface area contributed by atoms with Gasteiger partial charge in [-0.1, -0.05) is 0 Å². The van der Waals surface area contributed by atoms with Crippen LogP contribution in [0.1, 0.15) is 33.6 Å². The van der Waals surface area contributed by atoms with Crippen LogP contribution in [0.15, 0.2) is 18.2 Å². The van der Waals surface area contributed by atoms with Crippen molar-refractivity contribution in [1.29, 1.82) is 0 Å². The van der Waals surface area contributed by atoms with Crippen molar-refractivity contribution in [3.8, 4) is 11.5 Å². The van der Waals surface area contributed by atoms with Crippen LogP contribution in [-0.2, 0) is 0 Å². The second kappa shape index (κ2) is 4.47. The van der Waals surface area contributed by atoms with Crippen LogP contribution in [0.25, 0.3) is 0 Å². The molecule has 1 fully saturated rings. The highest BCUT2D eigenvalue weighted by Crippen LogP contribution is 2.37. The van der Waals surface area contributed by atoms with Crippen molar-refractivity contribution >= 4 is 5.69 Å². The summed E-state index contributed by atoms with van der Waals surface area (Å²) in [6, 6.07) is 5.97. The molecule has 1 aromatic carbocycles. The van der Waals surface area contributed by atoms with Crippen LogP contribution < -0.4 is 14.8 Å². The largest absolute Gasteiger partial charge is 0.487 e. The first kappa shape index (κ1) is 12.1. The maximum absolute atomic E-state index is 5.94. The third-order valence-corrected chi connectivity index (χ3v) is 2.47. The fourth-order valence-corrected chi connectivity index (χ4v) is 1.54. The number of hydrogen-bond donors (Lipinski definition) is 1. The van der Waals surface area contributed by atoms with Crippen molar-refractivity contribution in [2.75, 3.05) is 12.4 Å². The second-order valence-corrected chi connectivity index (χ2v) is 5.44. The smallest absolute Gasteiger partial charge is 0.164 e. The van der Waals surface area contributed by atoms with Crippen molar-refractivity contribution in [1.82, 2.24) is 0 Å². The van der Waals surface area contributed by atoms with Crippen molar-refractivity contribution in [3.63, 3.8) is 0 Å². The van der Waals surface area contributed by atoms with E-state index in [0.717, 1.165) is 30.0 Å². The first-order valence-electron chi connectivity index (χ1n) is 6.15. The maximum atomic E-state index is 5.94. The van der Waals surface area contributed by atoms with Gasteiger partial charge in [0.05, 0.1) is 6.10 Å². The van der Waals surface area contributed by atoms with Gasteiger partial charge in [-0.05, 0) is 45.7 Å². The second-order valence-electron chi connectivity index (χ2n) is 5.44. The quantitative estimate of drug-likeness (QED) is 0.867. The van der Waals surface area contributed by atoms with Gasteiger partial charge in [0, 0.05) is 18.8 Å². The first-order valence-corrected chi connectivity index (χ1v) is 6.15. The Hall–Kier alpha value is -1.38. The number of anilines is 1. The third-order valence-electron chi connectivity index (χ3n) is 2.47. The summed E-state index contributed by atoms with van der Waals surface area (Å²) in [6.07, 6.45) is 2.70. The van der Waals surface area contributed by atoms with Crippen molar-refractivity contribution < 1.29 is 9.47 Å². The van der Waals surface area contributed by atoms with E-state index in [9.17, 15) is 0 Å². The van der Waals surface area contributed by atoms with E-state index >= 15 is 0 Å². The zero-order chi connectivity index (χ0) is 12.5. The normalized spacial score (nSPS) is 15.5. The molecule has 0 atom stereocenters. The average molecular weight is 235 g/mol. The molecule has 0 heterocycles. The van der Waals surface area contributed by atoms with Gasteiger partial charge in [0.25, 0.3) is 0 Å². The van der Waals surface area contributed by atoms with Crippen LogP contribution in [-0.4, -0.2) is 18.8 Å². The predicted molar refractivity (Wildman–Crippen MR) is 70.0 cm³/mol. The van der Waals surface area contributed by atoms with E-state index in [1.54, 1.807) is 0 Å². The van der Waals surface area contributed by atoms with E-state index in [1.165, 1.54) is 0 Å². The van der Waals surface area contributed by atoms with E-state index in [0.29, 0.717) is 6.10 Å². The average Bonchev–Trinajstić information content (AvgIpc) is 3.02. The molecule has 1 saturated carbocycles. The van der Waals surface area contributed by atoms with Crippen LogP contribution in [0.4, 0.5) is 5.69 Å². The van der Waals surface area contributed by atoms with Crippen LogP contribution in [0.3, 0.4) is 0 Å². The van der Waals surface area contributed by atoms with E-state index in [4.69, 9.17) is 9.47 Å². The zero-order valence-corrected chi connectivity index (χ0v) is 11.0. The summed E-state index contributed by atoms with van der Waals surface area (Å²) in [5, 5.41) is 3.11. The summed E-state index contributed by atoms with van der Waals surface area (Å²) in [5.74, 6) is 1.66. The molecule has 3 heteroatoms. The Labute approximate surface area is 103 Å². The van der Waals surface area contributed by atoms with Gasteiger partial charge < -0.3 is 14.8 Å². The molecular weight excluding hydrogens is 214 g/mol. The van der Waals surface area contributed by atoms with Gasteiger partial charge in [-0.25, -0.2) is 0 Å². The van der Waals surface area contributed by atoms with Gasteiger partial charge >= 0.3 is 0 Å². The van der Waals surface area contributed by atoms with E-state index < -0.39 is 0 Å². The lowest BCUT2D eigenvalue weighted by atomic mass is 10.2. The zero-order valence-electron chi connectivity index (χ0n) is 11.0. The molecule has 0 bridgehead atoms. The minimum absolute atomic E-state index is 0.214. The van der Waals surface area contributed by atoms with Gasteiger partial charge in [0.15, 0.2) is 11.5 Å². The standard InChI is InChI=1S/C14H21NO2/c1-14(2,3)17-13-9-10(15-4)5-8-12(13)16-11-6-7-11/h5,8-9,11,15H,6-7H2,1-4H3. The van der Waals surface area contributed by atoms with Crippen molar-refractivity contribution in [3.05, 3.63) is 18.2 Å². The molecule has 1 N–H and O–H groups in total. The molecule has 1 aliphatic carbocycles. The number of benzene rings is 1. The Bertz CT molecular complexity index is 392. The van der Waals surface area contributed by atoms with Crippen molar-refractivity contribution in [2.24, 2.45) is 0 Å². The summed E-state index contributed by atoms with van der Waals surface area (Å²) in [7, 11) is 1.90. The summed E-state index contributed by atoms with van der Waals surface area (Å²) >= 11 is 0. The lowest BCUT2D eigenvalue weighted by Gasteiger charge is -2.23. The molecule has 0 unspecified atom stereocenters. The highest BCUT2D eigenvalue weighted by atomic mass is 16.5. The molecule has 3 nitrogen and oxygen atoms in total. The summed E-state index contributed by atoms with van der Waals surface area (Å²) in [6.45, 7) is 6.12. The molecule has 0 amide bonds. The van der Waals surface area contributed by atoms with E-state index in [2.05, 4.69) is 5.32 Å². The highest BCUT2D eigenvalue weighted by molar-refractivity contribution is 5.54. The maximum Gasteiger partial charge on any atom is 0.164 e.